The molecule has 3 heteroatoms. The van der Waals surface area contributed by atoms with Crippen LogP contribution in [0.25, 0.3) is 0 Å². The van der Waals surface area contributed by atoms with E-state index in [1.165, 1.54) is 5.56 Å². The average molecular weight is 202 g/mol. The van der Waals surface area contributed by atoms with Gasteiger partial charge in [-0.25, -0.2) is 0 Å². The Morgan fingerprint density at radius 1 is 1.25 bits per heavy atom. The minimum atomic E-state index is -0.532. The van der Waals surface area contributed by atoms with Gasteiger partial charge in [-0.05, 0) is 24.1 Å². The van der Waals surface area contributed by atoms with Crippen molar-refractivity contribution < 1.29 is 0 Å². The molecule has 1 atom stereocenters. The van der Waals surface area contributed by atoms with E-state index in [4.69, 9.17) is 28.9 Å². The van der Waals surface area contributed by atoms with Crippen LogP contribution >= 0.6 is 23.2 Å². The third-order valence-electron chi connectivity index (χ3n) is 2.16. The van der Waals surface area contributed by atoms with E-state index < -0.39 is 4.33 Å². The van der Waals surface area contributed by atoms with Gasteiger partial charge < -0.3 is 5.73 Å². The number of hydrogen-bond donors (Lipinski definition) is 1. The lowest BCUT2D eigenvalue weighted by molar-refractivity contribution is 1.11. The van der Waals surface area contributed by atoms with Crippen LogP contribution < -0.4 is 5.73 Å². The molecule has 1 nitrogen and oxygen atoms in total. The fourth-order valence-electron chi connectivity index (χ4n) is 1.30. The van der Waals surface area contributed by atoms with Crippen LogP contribution in [-0.2, 0) is 0 Å². The summed E-state index contributed by atoms with van der Waals surface area (Å²) in [6.07, 6.45) is 0.847. The Balaban J connectivity index is 2.21. The van der Waals surface area contributed by atoms with Gasteiger partial charge in [0.05, 0.1) is 0 Å². The van der Waals surface area contributed by atoms with Gasteiger partial charge in [0.1, 0.15) is 4.33 Å². The first-order valence-corrected chi connectivity index (χ1v) is 4.58. The highest BCUT2D eigenvalue weighted by molar-refractivity contribution is 6.51. The fourth-order valence-corrected chi connectivity index (χ4v) is 1.86. The minimum Gasteiger partial charge on any atom is -0.399 e. The lowest BCUT2D eigenvalue weighted by Crippen LogP contribution is -1.90. The maximum Gasteiger partial charge on any atom is 0.125 e. The lowest BCUT2D eigenvalue weighted by atomic mass is 10.1. The van der Waals surface area contributed by atoms with Crippen LogP contribution in [0.4, 0.5) is 5.69 Å². The largest absolute Gasteiger partial charge is 0.399 e. The second kappa shape index (κ2) is 2.54. The van der Waals surface area contributed by atoms with Crippen molar-refractivity contribution in [2.75, 3.05) is 5.73 Å². The molecule has 0 bridgehead atoms. The maximum atomic E-state index is 5.92. The van der Waals surface area contributed by atoms with Crippen LogP contribution in [0.3, 0.4) is 0 Å². The van der Waals surface area contributed by atoms with Crippen molar-refractivity contribution in [2.45, 2.75) is 16.7 Å². The summed E-state index contributed by atoms with van der Waals surface area (Å²) in [6.45, 7) is 0. The third-order valence-corrected chi connectivity index (χ3v) is 3.00. The Labute approximate surface area is 81.5 Å². The summed E-state index contributed by atoms with van der Waals surface area (Å²) in [4.78, 5) is 0. The van der Waals surface area contributed by atoms with E-state index in [0.29, 0.717) is 5.92 Å². The molecule has 0 heterocycles. The van der Waals surface area contributed by atoms with Gasteiger partial charge in [-0.3, -0.25) is 0 Å². The van der Waals surface area contributed by atoms with Crippen LogP contribution in [0.1, 0.15) is 17.9 Å². The molecule has 0 saturated heterocycles. The molecule has 0 radical (unpaired) electrons. The summed E-state index contributed by atoms with van der Waals surface area (Å²) in [5.41, 5.74) is 7.50. The summed E-state index contributed by atoms with van der Waals surface area (Å²) < 4.78 is -0.532. The molecule has 1 aliphatic carbocycles. The number of benzene rings is 1. The predicted octanol–water partition coefficient (Wildman–Crippen LogP) is 2.93. The molecule has 1 aromatic carbocycles. The number of alkyl halides is 2. The zero-order chi connectivity index (χ0) is 8.77. The van der Waals surface area contributed by atoms with Crippen molar-refractivity contribution in [3.8, 4) is 0 Å². The van der Waals surface area contributed by atoms with Crippen molar-refractivity contribution in [3.05, 3.63) is 29.8 Å². The Kier molecular flexibility index (Phi) is 1.74. The van der Waals surface area contributed by atoms with Gasteiger partial charge in [0.2, 0.25) is 0 Å². The number of hydrogen-bond acceptors (Lipinski definition) is 1. The molecule has 1 aliphatic rings. The number of rotatable bonds is 1. The molecular formula is C9H9Cl2N. The van der Waals surface area contributed by atoms with Crippen LogP contribution in [0.15, 0.2) is 24.3 Å². The zero-order valence-electron chi connectivity index (χ0n) is 6.43. The molecule has 2 N–H and O–H groups in total. The summed E-state index contributed by atoms with van der Waals surface area (Å²) >= 11 is 11.8. The van der Waals surface area contributed by atoms with E-state index in [9.17, 15) is 0 Å². The molecule has 0 spiro atoms. The molecule has 0 aromatic heterocycles. The second-order valence-electron chi connectivity index (χ2n) is 3.18. The van der Waals surface area contributed by atoms with Crippen LogP contribution in [0.5, 0.6) is 0 Å². The van der Waals surface area contributed by atoms with Crippen molar-refractivity contribution in [3.63, 3.8) is 0 Å². The van der Waals surface area contributed by atoms with Crippen LogP contribution in [0, 0.1) is 0 Å². The predicted molar refractivity (Wildman–Crippen MR) is 52.6 cm³/mol. The monoisotopic (exact) mass is 201 g/mol. The summed E-state index contributed by atoms with van der Waals surface area (Å²) in [6, 6.07) is 7.70. The van der Waals surface area contributed by atoms with E-state index >= 15 is 0 Å². The number of nitrogen functional groups attached to an aromatic ring is 1. The molecule has 1 fully saturated rings. The van der Waals surface area contributed by atoms with Gasteiger partial charge in [-0.1, -0.05) is 12.1 Å². The molecule has 0 amide bonds. The van der Waals surface area contributed by atoms with Crippen molar-refractivity contribution in [2.24, 2.45) is 0 Å². The van der Waals surface area contributed by atoms with Crippen LogP contribution in [-0.4, -0.2) is 4.33 Å². The topological polar surface area (TPSA) is 26.0 Å². The van der Waals surface area contributed by atoms with Gasteiger partial charge in [0, 0.05) is 11.6 Å². The Bertz CT molecular complexity index is 292. The molecule has 64 valence electrons. The molecule has 1 saturated carbocycles. The highest BCUT2D eigenvalue weighted by atomic mass is 35.5. The number of nitrogens with two attached hydrogens (primary N) is 1. The van der Waals surface area contributed by atoms with Crippen molar-refractivity contribution in [1.29, 1.82) is 0 Å². The standard InChI is InChI=1S/C9H9Cl2N/c10-9(11)5-8(9)6-1-3-7(12)4-2-6/h1-4,8H,5,12H2/t8-/m0/s1. The van der Waals surface area contributed by atoms with Gasteiger partial charge in [-0.15, -0.1) is 23.2 Å². The normalized spacial score (nSPS) is 25.3. The fraction of sp³-hybridized carbons (Fsp3) is 0.333. The van der Waals surface area contributed by atoms with Gasteiger partial charge in [0.15, 0.2) is 0 Å². The van der Waals surface area contributed by atoms with E-state index in [-0.39, 0.29) is 0 Å². The summed E-state index contributed by atoms with van der Waals surface area (Å²) in [5.74, 6) is 0.293. The molecule has 1 aromatic rings. The van der Waals surface area contributed by atoms with E-state index in [0.717, 1.165) is 12.1 Å². The first-order chi connectivity index (χ1) is 5.59. The zero-order valence-corrected chi connectivity index (χ0v) is 7.94. The lowest BCUT2D eigenvalue weighted by Gasteiger charge is -2.00. The van der Waals surface area contributed by atoms with Crippen molar-refractivity contribution >= 4 is 28.9 Å². The molecule has 2 rings (SSSR count). The van der Waals surface area contributed by atoms with E-state index in [1.807, 2.05) is 24.3 Å². The highest BCUT2D eigenvalue weighted by Crippen LogP contribution is 2.59. The SMILES string of the molecule is Nc1ccc([C@@H]2CC2(Cl)Cl)cc1. The molecular weight excluding hydrogens is 193 g/mol. The van der Waals surface area contributed by atoms with E-state index in [2.05, 4.69) is 0 Å². The quantitative estimate of drug-likeness (QED) is 0.549. The first kappa shape index (κ1) is 8.21. The second-order valence-corrected chi connectivity index (χ2v) is 4.73. The van der Waals surface area contributed by atoms with Gasteiger partial charge in [-0.2, -0.15) is 0 Å². The van der Waals surface area contributed by atoms with Gasteiger partial charge >= 0.3 is 0 Å². The maximum absolute atomic E-state index is 5.92. The third kappa shape index (κ3) is 1.39. The van der Waals surface area contributed by atoms with Crippen LogP contribution in [0.2, 0.25) is 0 Å². The van der Waals surface area contributed by atoms with Crippen molar-refractivity contribution in [1.82, 2.24) is 0 Å². The Morgan fingerprint density at radius 3 is 2.17 bits per heavy atom. The highest BCUT2D eigenvalue weighted by Gasteiger charge is 2.52. The summed E-state index contributed by atoms with van der Waals surface area (Å²) in [7, 11) is 0. The average Bonchev–Trinajstić information content (AvgIpc) is 2.61. The summed E-state index contributed by atoms with van der Waals surface area (Å²) in [5, 5.41) is 0. The Hall–Kier alpha value is -0.400. The Morgan fingerprint density at radius 2 is 1.75 bits per heavy atom. The van der Waals surface area contributed by atoms with Gasteiger partial charge in [0.25, 0.3) is 0 Å². The smallest absolute Gasteiger partial charge is 0.125 e. The minimum absolute atomic E-state index is 0.293. The molecule has 0 aliphatic heterocycles. The number of anilines is 1. The first-order valence-electron chi connectivity index (χ1n) is 3.83. The number of halogens is 2. The molecule has 12 heavy (non-hydrogen) atoms. The molecule has 0 unspecified atom stereocenters. The van der Waals surface area contributed by atoms with E-state index in [1.54, 1.807) is 0 Å².